The highest BCUT2D eigenvalue weighted by atomic mass is 28.3. The van der Waals surface area contributed by atoms with Gasteiger partial charge in [0.05, 0.1) is 11.2 Å². The molecule has 1 rings (SSSR count). The van der Waals surface area contributed by atoms with Gasteiger partial charge in [0.25, 0.3) is 0 Å². The summed E-state index contributed by atoms with van der Waals surface area (Å²) in [4.78, 5) is 0. The molecule has 0 spiro atoms. The Balaban J connectivity index is 2.55. The largest absolute Gasteiger partial charge is 0.486 e. The zero-order valence-corrected chi connectivity index (χ0v) is 12.8. The van der Waals surface area contributed by atoms with Crippen molar-refractivity contribution < 1.29 is 9.31 Å². The van der Waals surface area contributed by atoms with E-state index in [9.17, 15) is 0 Å². The molecule has 2 nitrogen and oxygen atoms in total. The predicted octanol–water partition coefficient (Wildman–Crippen LogP) is 3.51. The van der Waals surface area contributed by atoms with Gasteiger partial charge in [0.2, 0.25) is 0 Å². The molecular weight excluding hydrogens is 215 g/mol. The van der Waals surface area contributed by atoms with Crippen molar-refractivity contribution in [2.24, 2.45) is 0 Å². The lowest BCUT2D eigenvalue weighted by Crippen LogP contribution is -2.41. The first-order chi connectivity index (χ1) is 7.04. The average molecular weight is 240 g/mol. The lowest BCUT2D eigenvalue weighted by Gasteiger charge is -2.32. The Morgan fingerprint density at radius 3 is 1.81 bits per heavy atom. The molecule has 92 valence electrons. The summed E-state index contributed by atoms with van der Waals surface area (Å²) in [5.74, 6) is 2.06. The summed E-state index contributed by atoms with van der Waals surface area (Å²) in [5.41, 5.74) is -0.442. The van der Waals surface area contributed by atoms with Crippen LogP contribution in [-0.2, 0) is 9.31 Å². The molecule has 0 radical (unpaired) electrons. The van der Waals surface area contributed by atoms with E-state index in [0.717, 1.165) is 0 Å². The van der Waals surface area contributed by atoms with Gasteiger partial charge < -0.3 is 9.31 Å². The van der Waals surface area contributed by atoms with E-state index in [1.54, 1.807) is 0 Å². The summed E-state index contributed by atoms with van der Waals surface area (Å²) in [6.45, 7) is 15.4. The van der Waals surface area contributed by atoms with Crippen LogP contribution in [0, 0.1) is 0 Å². The maximum Gasteiger partial charge on any atom is 0.486 e. The molecule has 0 atom stereocenters. The molecule has 1 aliphatic rings. The van der Waals surface area contributed by atoms with Crippen LogP contribution >= 0.6 is 0 Å². The molecule has 1 fully saturated rings. The minimum absolute atomic E-state index is 0.179. The van der Waals surface area contributed by atoms with E-state index in [0.29, 0.717) is 0 Å². The molecule has 0 aromatic heterocycles. The number of hydrogen-bond acceptors (Lipinski definition) is 2. The molecule has 1 aliphatic heterocycles. The van der Waals surface area contributed by atoms with Crippen molar-refractivity contribution in [3.63, 3.8) is 0 Å². The summed E-state index contributed by atoms with van der Waals surface area (Å²) in [6, 6.07) is 1.18. The Bertz CT molecular complexity index is 263. The van der Waals surface area contributed by atoms with E-state index in [-0.39, 0.29) is 18.3 Å². The first kappa shape index (κ1) is 14.0. The van der Waals surface area contributed by atoms with Crippen molar-refractivity contribution in [2.45, 2.75) is 64.6 Å². The molecule has 0 saturated carbocycles. The van der Waals surface area contributed by atoms with Crippen LogP contribution in [0.4, 0.5) is 0 Å². The fourth-order valence-electron chi connectivity index (χ4n) is 1.50. The second-order valence-corrected chi connectivity index (χ2v) is 12.3. The molecule has 0 aliphatic carbocycles. The SMILES string of the molecule is CC1(C)OB(/C=C\C[Si](C)(C)C)OC1(C)C. The molecule has 4 heteroatoms. The van der Waals surface area contributed by atoms with Crippen molar-refractivity contribution >= 4 is 15.2 Å². The van der Waals surface area contributed by atoms with Crippen molar-refractivity contribution in [3.05, 3.63) is 12.1 Å². The Morgan fingerprint density at radius 1 is 1.00 bits per heavy atom. The fourth-order valence-corrected chi connectivity index (χ4v) is 2.34. The number of hydrogen-bond donors (Lipinski definition) is 0. The van der Waals surface area contributed by atoms with Crippen molar-refractivity contribution in [1.29, 1.82) is 0 Å². The zero-order valence-electron chi connectivity index (χ0n) is 11.8. The third kappa shape index (κ3) is 3.47. The first-order valence-corrected chi connectivity index (χ1v) is 9.77. The molecule has 0 aromatic carbocycles. The van der Waals surface area contributed by atoms with Crippen LogP contribution in [0.3, 0.4) is 0 Å². The predicted molar refractivity (Wildman–Crippen MR) is 73.4 cm³/mol. The summed E-state index contributed by atoms with van der Waals surface area (Å²) in [5, 5.41) is 0. The van der Waals surface area contributed by atoms with Gasteiger partial charge in [-0.05, 0) is 33.7 Å². The van der Waals surface area contributed by atoms with E-state index in [1.807, 2.05) is 0 Å². The summed E-state index contributed by atoms with van der Waals surface area (Å²) >= 11 is 0. The Kier molecular flexibility index (Phi) is 3.78. The van der Waals surface area contributed by atoms with E-state index in [2.05, 4.69) is 59.4 Å². The Labute approximate surface area is 102 Å². The molecule has 0 N–H and O–H groups in total. The molecule has 1 heterocycles. The van der Waals surface area contributed by atoms with Gasteiger partial charge in [0.1, 0.15) is 0 Å². The van der Waals surface area contributed by atoms with E-state index in [4.69, 9.17) is 9.31 Å². The topological polar surface area (TPSA) is 18.5 Å². The van der Waals surface area contributed by atoms with E-state index >= 15 is 0 Å². The van der Waals surface area contributed by atoms with Gasteiger partial charge in [-0.15, -0.1) is 0 Å². The second kappa shape index (κ2) is 4.32. The maximum absolute atomic E-state index is 5.89. The molecule has 0 unspecified atom stereocenters. The summed E-state index contributed by atoms with van der Waals surface area (Å²) < 4.78 is 11.8. The highest BCUT2D eigenvalue weighted by Gasteiger charge is 2.49. The summed E-state index contributed by atoms with van der Waals surface area (Å²) in [6.07, 6.45) is 2.22. The van der Waals surface area contributed by atoms with Gasteiger partial charge in [-0.2, -0.15) is 0 Å². The molecule has 0 aromatic rings. The lowest BCUT2D eigenvalue weighted by molar-refractivity contribution is 0.00578. The third-order valence-electron chi connectivity index (χ3n) is 3.29. The zero-order chi connectivity index (χ0) is 12.6. The first-order valence-electron chi connectivity index (χ1n) is 6.06. The van der Waals surface area contributed by atoms with Crippen LogP contribution in [0.25, 0.3) is 0 Å². The highest BCUT2D eigenvalue weighted by molar-refractivity contribution is 6.76. The normalized spacial score (nSPS) is 24.3. The summed E-state index contributed by atoms with van der Waals surface area (Å²) in [7, 11) is -1.18. The van der Waals surface area contributed by atoms with Gasteiger partial charge in [-0.3, -0.25) is 0 Å². The van der Waals surface area contributed by atoms with Crippen molar-refractivity contribution in [2.75, 3.05) is 0 Å². The van der Waals surface area contributed by atoms with Gasteiger partial charge in [0, 0.05) is 8.07 Å². The standard InChI is InChI=1S/C12H25BO2Si/c1-11(2)12(3,4)15-13(14-11)9-8-10-16(5,6)7/h8-9H,10H2,1-7H3/b9-8-. The van der Waals surface area contributed by atoms with E-state index < -0.39 is 8.07 Å². The molecular formula is C12H25BO2Si. The van der Waals surface area contributed by atoms with Gasteiger partial charge in [0.15, 0.2) is 0 Å². The second-order valence-electron chi connectivity index (χ2n) is 6.82. The number of rotatable bonds is 3. The number of allylic oxidation sites excluding steroid dienone is 1. The van der Waals surface area contributed by atoms with E-state index in [1.165, 1.54) is 6.04 Å². The van der Waals surface area contributed by atoms with Crippen LogP contribution < -0.4 is 0 Å². The van der Waals surface area contributed by atoms with Gasteiger partial charge >= 0.3 is 7.12 Å². The van der Waals surface area contributed by atoms with Crippen molar-refractivity contribution in [1.82, 2.24) is 0 Å². The van der Waals surface area contributed by atoms with Gasteiger partial charge in [-0.1, -0.05) is 31.7 Å². The lowest BCUT2D eigenvalue weighted by atomic mass is 9.90. The monoisotopic (exact) mass is 240 g/mol. The average Bonchev–Trinajstić information content (AvgIpc) is 2.17. The maximum atomic E-state index is 5.89. The molecule has 16 heavy (non-hydrogen) atoms. The smallest absolute Gasteiger partial charge is 0.400 e. The van der Waals surface area contributed by atoms with Crippen LogP contribution in [0.2, 0.25) is 25.7 Å². The molecule has 0 amide bonds. The van der Waals surface area contributed by atoms with Crippen LogP contribution in [0.1, 0.15) is 27.7 Å². The third-order valence-corrected chi connectivity index (χ3v) is 4.76. The molecule has 1 saturated heterocycles. The Morgan fingerprint density at radius 2 is 1.44 bits per heavy atom. The van der Waals surface area contributed by atoms with Crippen LogP contribution in [0.15, 0.2) is 12.1 Å². The minimum Gasteiger partial charge on any atom is -0.400 e. The van der Waals surface area contributed by atoms with Crippen LogP contribution in [0.5, 0.6) is 0 Å². The fraction of sp³-hybridized carbons (Fsp3) is 0.833. The van der Waals surface area contributed by atoms with Crippen LogP contribution in [-0.4, -0.2) is 26.4 Å². The highest BCUT2D eigenvalue weighted by Crippen LogP contribution is 2.36. The Hall–Kier alpha value is -0.0582. The van der Waals surface area contributed by atoms with Crippen molar-refractivity contribution in [3.8, 4) is 0 Å². The molecule has 0 bridgehead atoms. The van der Waals surface area contributed by atoms with Gasteiger partial charge in [-0.25, -0.2) is 0 Å². The quantitative estimate of drug-likeness (QED) is 0.703. The minimum atomic E-state index is -0.998.